The number of aromatic nitrogens is 1. The number of amides is 2. The number of carbonyl (C=O) groups excluding carboxylic acids is 2. The number of aryl methyl sites for hydroxylation is 2. The molecular formula is C35H26BrN3O2S. The van der Waals surface area contributed by atoms with Crippen LogP contribution in [0.25, 0.3) is 34.3 Å². The summed E-state index contributed by atoms with van der Waals surface area (Å²) in [5.41, 5.74) is 8.01. The van der Waals surface area contributed by atoms with Crippen LogP contribution in [0, 0.1) is 13.8 Å². The molecule has 0 atom stereocenters. The predicted octanol–water partition coefficient (Wildman–Crippen LogP) is 8.02. The van der Waals surface area contributed by atoms with E-state index in [2.05, 4.69) is 37.9 Å². The van der Waals surface area contributed by atoms with Crippen molar-refractivity contribution < 1.29 is 9.59 Å². The van der Waals surface area contributed by atoms with Gasteiger partial charge >= 0.3 is 0 Å². The van der Waals surface area contributed by atoms with E-state index in [1.807, 2.05) is 111 Å². The molecule has 1 N–H and O–H groups in total. The molecule has 1 aliphatic rings. The molecular weight excluding hydrogens is 606 g/mol. The minimum Gasteiger partial charge on any atom is -0.309 e. The Morgan fingerprint density at radius 3 is 1.95 bits per heavy atom. The van der Waals surface area contributed by atoms with E-state index in [1.54, 1.807) is 6.08 Å². The third-order valence-electron chi connectivity index (χ3n) is 7.10. The fraction of sp³-hybridized carbons (Fsp3) is 0.0571. The molecule has 0 unspecified atom stereocenters. The van der Waals surface area contributed by atoms with E-state index in [1.165, 1.54) is 4.90 Å². The summed E-state index contributed by atoms with van der Waals surface area (Å²) >= 11 is 9.02. The quantitative estimate of drug-likeness (QED) is 0.121. The van der Waals surface area contributed by atoms with Crippen LogP contribution < -0.4 is 10.2 Å². The lowest BCUT2D eigenvalue weighted by Gasteiger charge is -2.29. The van der Waals surface area contributed by atoms with Crippen LogP contribution in [0.15, 0.2) is 119 Å². The smallest absolute Gasteiger partial charge is 0.270 e. The fourth-order valence-electron chi connectivity index (χ4n) is 5.34. The second kappa shape index (κ2) is 11.4. The van der Waals surface area contributed by atoms with Crippen molar-refractivity contribution in [2.75, 3.05) is 4.90 Å². The standard InChI is InChI=1S/C35H26BrN3O2S/c1-22-17-23(2)19-29(18-22)39-34(41)30(33(40)37-35(39)42)20-26-21-31(24-9-5-3-6-10-24)38(28-15-13-27(36)14-16-28)32(26)25-11-7-4-8-12-25/h3-21H,1-2H3,(H,37,40,42)/b30-20-. The molecule has 4 aromatic carbocycles. The molecule has 0 spiro atoms. The topological polar surface area (TPSA) is 54.3 Å². The normalized spacial score (nSPS) is 14.4. The van der Waals surface area contributed by atoms with Crippen molar-refractivity contribution in [1.82, 2.24) is 9.88 Å². The molecule has 0 saturated carbocycles. The second-order valence-electron chi connectivity index (χ2n) is 10.2. The number of carbonyl (C=O) groups is 2. The highest BCUT2D eigenvalue weighted by Crippen LogP contribution is 2.38. The number of rotatable bonds is 5. The van der Waals surface area contributed by atoms with E-state index >= 15 is 0 Å². The SMILES string of the molecule is Cc1cc(C)cc(N2C(=O)/C(=C\c3cc(-c4ccccc4)n(-c4ccc(Br)cc4)c3-c3ccccc3)C(=O)NC2=S)c1. The summed E-state index contributed by atoms with van der Waals surface area (Å²) < 4.78 is 3.14. The molecule has 1 fully saturated rings. The maximum atomic E-state index is 14.0. The van der Waals surface area contributed by atoms with Crippen molar-refractivity contribution >= 4 is 56.8 Å². The lowest BCUT2D eigenvalue weighted by molar-refractivity contribution is -0.122. The number of nitrogens with zero attached hydrogens (tertiary/aromatic N) is 2. The third kappa shape index (κ3) is 5.24. The first-order chi connectivity index (χ1) is 20.3. The van der Waals surface area contributed by atoms with Crippen molar-refractivity contribution in [1.29, 1.82) is 0 Å². The van der Waals surface area contributed by atoms with Crippen LogP contribution in [0.1, 0.15) is 16.7 Å². The summed E-state index contributed by atoms with van der Waals surface area (Å²) in [5, 5.41) is 2.80. The first kappa shape index (κ1) is 27.6. The van der Waals surface area contributed by atoms with E-state index in [0.717, 1.165) is 49.4 Å². The van der Waals surface area contributed by atoms with Gasteiger partial charge in [0.2, 0.25) is 0 Å². The Kier molecular flexibility index (Phi) is 7.45. The maximum absolute atomic E-state index is 14.0. The van der Waals surface area contributed by atoms with Gasteiger partial charge in [-0.15, -0.1) is 0 Å². The zero-order valence-corrected chi connectivity index (χ0v) is 25.4. The van der Waals surface area contributed by atoms with Crippen LogP contribution >= 0.6 is 28.1 Å². The Balaban J connectivity index is 1.60. The highest BCUT2D eigenvalue weighted by Gasteiger charge is 2.35. The van der Waals surface area contributed by atoms with Gasteiger partial charge in [0.05, 0.1) is 17.1 Å². The highest BCUT2D eigenvalue weighted by atomic mass is 79.9. The van der Waals surface area contributed by atoms with Crippen molar-refractivity contribution in [2.24, 2.45) is 0 Å². The zero-order valence-electron chi connectivity index (χ0n) is 23.0. The Bertz CT molecular complexity index is 1860. The first-order valence-electron chi connectivity index (χ1n) is 13.4. The van der Waals surface area contributed by atoms with Gasteiger partial charge < -0.3 is 4.57 Å². The minimum atomic E-state index is -0.526. The van der Waals surface area contributed by atoms with Gasteiger partial charge in [-0.05, 0) is 96.9 Å². The number of benzene rings is 4. The van der Waals surface area contributed by atoms with Crippen LogP contribution in [0.3, 0.4) is 0 Å². The third-order valence-corrected chi connectivity index (χ3v) is 7.91. The predicted molar refractivity (Wildman–Crippen MR) is 176 cm³/mol. The molecule has 0 aliphatic carbocycles. The molecule has 1 saturated heterocycles. The summed E-state index contributed by atoms with van der Waals surface area (Å²) in [6.45, 7) is 3.93. The van der Waals surface area contributed by atoms with E-state index in [-0.39, 0.29) is 10.7 Å². The Morgan fingerprint density at radius 1 is 0.738 bits per heavy atom. The van der Waals surface area contributed by atoms with Crippen LogP contribution in [-0.2, 0) is 9.59 Å². The van der Waals surface area contributed by atoms with Crippen molar-refractivity contribution in [2.45, 2.75) is 13.8 Å². The van der Waals surface area contributed by atoms with E-state index < -0.39 is 11.8 Å². The lowest BCUT2D eigenvalue weighted by Crippen LogP contribution is -2.54. The molecule has 1 aliphatic heterocycles. The fourth-order valence-corrected chi connectivity index (χ4v) is 5.88. The van der Waals surface area contributed by atoms with Gasteiger partial charge in [0.1, 0.15) is 5.57 Å². The van der Waals surface area contributed by atoms with Crippen molar-refractivity contribution in [3.05, 3.63) is 136 Å². The van der Waals surface area contributed by atoms with Crippen LogP contribution in [0.5, 0.6) is 0 Å². The molecule has 42 heavy (non-hydrogen) atoms. The molecule has 1 aromatic heterocycles. The average molecular weight is 633 g/mol. The molecule has 0 radical (unpaired) electrons. The highest BCUT2D eigenvalue weighted by molar-refractivity contribution is 9.10. The molecule has 5 aromatic rings. The molecule has 2 amide bonds. The van der Waals surface area contributed by atoms with Gasteiger partial charge in [0.15, 0.2) is 5.11 Å². The minimum absolute atomic E-state index is 0.00695. The second-order valence-corrected chi connectivity index (χ2v) is 11.5. The molecule has 7 heteroatoms. The summed E-state index contributed by atoms with van der Waals surface area (Å²) in [6.07, 6.45) is 1.68. The molecule has 6 rings (SSSR count). The summed E-state index contributed by atoms with van der Waals surface area (Å²) in [7, 11) is 0. The monoisotopic (exact) mass is 631 g/mol. The Labute approximate surface area is 258 Å². The Hall–Kier alpha value is -4.59. The summed E-state index contributed by atoms with van der Waals surface area (Å²) in [6, 6.07) is 36.0. The molecule has 0 bridgehead atoms. The van der Waals surface area contributed by atoms with E-state index in [0.29, 0.717) is 5.69 Å². The van der Waals surface area contributed by atoms with Gasteiger partial charge in [-0.3, -0.25) is 19.8 Å². The zero-order chi connectivity index (χ0) is 29.4. The van der Waals surface area contributed by atoms with Gasteiger partial charge in [0, 0.05) is 15.7 Å². The van der Waals surface area contributed by atoms with Gasteiger partial charge in [0.25, 0.3) is 11.8 Å². The van der Waals surface area contributed by atoms with Crippen LogP contribution in [0.2, 0.25) is 0 Å². The molecule has 5 nitrogen and oxygen atoms in total. The molecule has 2 heterocycles. The maximum Gasteiger partial charge on any atom is 0.270 e. The lowest BCUT2D eigenvalue weighted by atomic mass is 10.0. The van der Waals surface area contributed by atoms with Crippen LogP contribution in [-0.4, -0.2) is 21.5 Å². The number of hydrogen-bond acceptors (Lipinski definition) is 3. The summed E-state index contributed by atoms with van der Waals surface area (Å²) in [4.78, 5) is 28.7. The van der Waals surface area contributed by atoms with Crippen molar-refractivity contribution in [3.8, 4) is 28.2 Å². The number of halogens is 1. The number of anilines is 1. The van der Waals surface area contributed by atoms with Gasteiger partial charge in [-0.1, -0.05) is 82.7 Å². The average Bonchev–Trinajstić information content (AvgIpc) is 3.35. The van der Waals surface area contributed by atoms with E-state index in [9.17, 15) is 9.59 Å². The van der Waals surface area contributed by atoms with Crippen LogP contribution in [0.4, 0.5) is 5.69 Å². The largest absolute Gasteiger partial charge is 0.309 e. The van der Waals surface area contributed by atoms with E-state index in [4.69, 9.17) is 12.2 Å². The number of nitrogens with one attached hydrogen (secondary N) is 1. The summed E-state index contributed by atoms with van der Waals surface area (Å²) in [5.74, 6) is -0.993. The van der Waals surface area contributed by atoms with Crippen molar-refractivity contribution in [3.63, 3.8) is 0 Å². The number of hydrogen-bond donors (Lipinski definition) is 1. The van der Waals surface area contributed by atoms with Gasteiger partial charge in [-0.25, -0.2) is 0 Å². The molecule has 206 valence electrons. The number of thiocarbonyl (C=S) groups is 1. The van der Waals surface area contributed by atoms with Gasteiger partial charge in [-0.2, -0.15) is 0 Å². The first-order valence-corrected chi connectivity index (χ1v) is 14.6. The Morgan fingerprint density at radius 2 is 1.33 bits per heavy atom.